The average molecular weight is 407 g/mol. The summed E-state index contributed by atoms with van der Waals surface area (Å²) < 4.78 is 1.87. The Morgan fingerprint density at radius 2 is 2.23 bits per heavy atom. The van der Waals surface area contributed by atoms with Gasteiger partial charge in [-0.05, 0) is 42.3 Å². The van der Waals surface area contributed by atoms with E-state index < -0.39 is 0 Å². The smallest absolute Gasteiger partial charge is 0.236 e. The molecule has 3 aromatic heterocycles. The highest BCUT2D eigenvalue weighted by Gasteiger charge is 2.22. The molecule has 0 radical (unpaired) electrons. The molecule has 0 spiro atoms. The van der Waals surface area contributed by atoms with Crippen molar-refractivity contribution in [2.24, 2.45) is 0 Å². The van der Waals surface area contributed by atoms with E-state index >= 15 is 0 Å². The summed E-state index contributed by atoms with van der Waals surface area (Å²) >= 11 is 4.50. The summed E-state index contributed by atoms with van der Waals surface area (Å²) in [5, 5.41) is 18.1. The van der Waals surface area contributed by atoms with Crippen LogP contribution in [0.1, 0.15) is 36.6 Å². The number of carbonyl (C=O) groups excluding carboxylic acids is 1. The van der Waals surface area contributed by atoms with E-state index in [1.54, 1.807) is 11.3 Å². The molecule has 136 valence electrons. The van der Waals surface area contributed by atoms with Crippen LogP contribution in [0.2, 0.25) is 0 Å². The SMILES string of the molecule is Cc1ccc(-c2csc(NC(=O)CSc3nnnn3C3CCCC3)n2)s1. The van der Waals surface area contributed by atoms with E-state index in [-0.39, 0.29) is 11.7 Å². The highest BCUT2D eigenvalue weighted by Crippen LogP contribution is 2.32. The number of thiophene rings is 1. The fourth-order valence-electron chi connectivity index (χ4n) is 2.96. The first-order valence-corrected chi connectivity index (χ1v) is 11.1. The Kier molecular flexibility index (Phi) is 5.32. The van der Waals surface area contributed by atoms with Crippen molar-refractivity contribution in [2.75, 3.05) is 11.1 Å². The molecular weight excluding hydrogens is 388 g/mol. The molecule has 7 nitrogen and oxygen atoms in total. The molecule has 0 unspecified atom stereocenters. The Morgan fingerprint density at radius 3 is 3.00 bits per heavy atom. The Labute approximate surface area is 163 Å². The molecule has 0 atom stereocenters. The van der Waals surface area contributed by atoms with Gasteiger partial charge >= 0.3 is 0 Å². The van der Waals surface area contributed by atoms with Crippen molar-refractivity contribution in [2.45, 2.75) is 43.8 Å². The van der Waals surface area contributed by atoms with Crippen LogP contribution in [0.3, 0.4) is 0 Å². The summed E-state index contributed by atoms with van der Waals surface area (Å²) in [5.41, 5.74) is 0.904. The topological polar surface area (TPSA) is 85.6 Å². The van der Waals surface area contributed by atoms with Gasteiger partial charge in [-0.25, -0.2) is 9.67 Å². The Hall–Kier alpha value is -1.78. The molecule has 1 N–H and O–H groups in total. The lowest BCUT2D eigenvalue weighted by molar-refractivity contribution is -0.113. The number of nitrogens with one attached hydrogen (secondary N) is 1. The van der Waals surface area contributed by atoms with Gasteiger partial charge in [0.05, 0.1) is 22.4 Å². The van der Waals surface area contributed by atoms with Crippen molar-refractivity contribution >= 4 is 45.5 Å². The van der Waals surface area contributed by atoms with Gasteiger partial charge in [0.2, 0.25) is 11.1 Å². The number of carbonyl (C=O) groups is 1. The van der Waals surface area contributed by atoms with Gasteiger partial charge in [0.25, 0.3) is 0 Å². The molecule has 1 fully saturated rings. The number of thiazole rings is 1. The summed E-state index contributed by atoms with van der Waals surface area (Å²) in [6.45, 7) is 2.07. The monoisotopic (exact) mass is 406 g/mol. The van der Waals surface area contributed by atoms with Crippen molar-refractivity contribution < 1.29 is 4.79 Å². The molecule has 3 aromatic rings. The van der Waals surface area contributed by atoms with Crippen molar-refractivity contribution in [3.8, 4) is 10.6 Å². The van der Waals surface area contributed by atoms with Crippen LogP contribution in [0.15, 0.2) is 22.7 Å². The largest absolute Gasteiger partial charge is 0.301 e. The first kappa shape index (κ1) is 17.6. The van der Waals surface area contributed by atoms with Crippen molar-refractivity contribution in [1.82, 2.24) is 25.2 Å². The lowest BCUT2D eigenvalue weighted by Gasteiger charge is -2.10. The molecule has 0 aliphatic heterocycles. The first-order valence-electron chi connectivity index (χ1n) is 8.42. The van der Waals surface area contributed by atoms with Gasteiger partial charge in [-0.1, -0.05) is 24.6 Å². The van der Waals surface area contributed by atoms with E-state index in [0.29, 0.717) is 16.3 Å². The number of aryl methyl sites for hydroxylation is 1. The number of aromatic nitrogens is 5. The molecular formula is C16H18N6OS3. The number of hydrogen-bond acceptors (Lipinski definition) is 8. The van der Waals surface area contributed by atoms with Crippen LogP contribution in [0.5, 0.6) is 0 Å². The third-order valence-electron chi connectivity index (χ3n) is 4.21. The zero-order valence-corrected chi connectivity index (χ0v) is 16.7. The van der Waals surface area contributed by atoms with Crippen LogP contribution >= 0.6 is 34.4 Å². The maximum atomic E-state index is 12.2. The molecule has 10 heteroatoms. The van der Waals surface area contributed by atoms with Gasteiger partial charge < -0.3 is 5.32 Å². The number of tetrazole rings is 1. The van der Waals surface area contributed by atoms with E-state index in [2.05, 4.69) is 44.9 Å². The number of thioether (sulfide) groups is 1. The zero-order valence-electron chi connectivity index (χ0n) is 14.2. The van der Waals surface area contributed by atoms with Gasteiger partial charge in [-0.3, -0.25) is 4.79 Å². The number of anilines is 1. The predicted octanol–water partition coefficient (Wildman–Crippen LogP) is 4.01. The van der Waals surface area contributed by atoms with E-state index in [4.69, 9.17) is 0 Å². The van der Waals surface area contributed by atoms with Crippen LogP contribution in [-0.4, -0.2) is 36.9 Å². The molecule has 3 heterocycles. The molecule has 4 rings (SSSR count). The Balaban J connectivity index is 1.33. The number of hydrogen-bond donors (Lipinski definition) is 1. The highest BCUT2D eigenvalue weighted by molar-refractivity contribution is 7.99. The van der Waals surface area contributed by atoms with Crippen LogP contribution in [0.25, 0.3) is 10.6 Å². The summed E-state index contributed by atoms with van der Waals surface area (Å²) in [5.74, 6) is 0.166. The fraction of sp³-hybridized carbons (Fsp3) is 0.438. The molecule has 1 aliphatic rings. The molecule has 0 saturated heterocycles. The van der Waals surface area contributed by atoms with Crippen LogP contribution in [-0.2, 0) is 4.79 Å². The molecule has 26 heavy (non-hydrogen) atoms. The quantitative estimate of drug-likeness (QED) is 0.623. The highest BCUT2D eigenvalue weighted by atomic mass is 32.2. The maximum absolute atomic E-state index is 12.2. The summed E-state index contributed by atoms with van der Waals surface area (Å²) in [4.78, 5) is 19.1. The summed E-state index contributed by atoms with van der Waals surface area (Å²) in [6, 6.07) is 4.49. The third kappa shape index (κ3) is 3.97. The Morgan fingerprint density at radius 1 is 1.38 bits per heavy atom. The number of amides is 1. The van der Waals surface area contributed by atoms with Crippen LogP contribution < -0.4 is 5.32 Å². The number of rotatable bonds is 6. The molecule has 0 aromatic carbocycles. The third-order valence-corrected chi connectivity index (χ3v) is 6.92. The van der Waals surface area contributed by atoms with E-state index in [9.17, 15) is 4.79 Å². The Bertz CT molecular complexity index is 895. The maximum Gasteiger partial charge on any atom is 0.236 e. The first-order chi connectivity index (χ1) is 12.7. The average Bonchev–Trinajstić information content (AvgIpc) is 3.39. The van der Waals surface area contributed by atoms with Gasteiger partial charge in [0.1, 0.15) is 0 Å². The van der Waals surface area contributed by atoms with Crippen LogP contribution in [0.4, 0.5) is 5.13 Å². The minimum Gasteiger partial charge on any atom is -0.301 e. The van der Waals surface area contributed by atoms with Crippen molar-refractivity contribution in [3.63, 3.8) is 0 Å². The predicted molar refractivity (Wildman–Crippen MR) is 105 cm³/mol. The van der Waals surface area contributed by atoms with Crippen molar-refractivity contribution in [1.29, 1.82) is 0 Å². The summed E-state index contributed by atoms with van der Waals surface area (Å²) in [6.07, 6.45) is 4.64. The standard InChI is InChI=1S/C16H18N6OS3/c1-10-6-7-13(26-10)12-8-24-15(17-12)18-14(23)9-25-16-19-20-21-22(16)11-4-2-3-5-11/h6-8,11H,2-5,9H2,1H3,(H,17,18,23). The fourth-order valence-corrected chi connectivity index (χ4v) is 5.33. The molecule has 1 amide bonds. The lowest BCUT2D eigenvalue weighted by atomic mass is 10.3. The summed E-state index contributed by atoms with van der Waals surface area (Å²) in [7, 11) is 0. The second-order valence-electron chi connectivity index (χ2n) is 6.13. The number of nitrogens with zero attached hydrogens (tertiary/aromatic N) is 5. The van der Waals surface area contributed by atoms with Gasteiger partial charge in [-0.2, -0.15) is 0 Å². The zero-order chi connectivity index (χ0) is 17.9. The molecule has 1 saturated carbocycles. The van der Waals surface area contributed by atoms with E-state index in [1.807, 2.05) is 10.1 Å². The molecule has 1 aliphatic carbocycles. The van der Waals surface area contributed by atoms with E-state index in [1.165, 1.54) is 40.8 Å². The van der Waals surface area contributed by atoms with Crippen LogP contribution in [0, 0.1) is 6.92 Å². The van der Waals surface area contributed by atoms with Gasteiger partial charge in [0, 0.05) is 10.3 Å². The van der Waals surface area contributed by atoms with Gasteiger partial charge in [-0.15, -0.1) is 27.8 Å². The second kappa shape index (κ2) is 7.85. The van der Waals surface area contributed by atoms with Crippen molar-refractivity contribution in [3.05, 3.63) is 22.4 Å². The normalized spacial score (nSPS) is 14.8. The molecule has 0 bridgehead atoms. The minimum atomic E-state index is -0.0979. The second-order valence-corrected chi connectivity index (χ2v) is 9.22. The van der Waals surface area contributed by atoms with Gasteiger partial charge in [0.15, 0.2) is 5.13 Å². The van der Waals surface area contributed by atoms with E-state index in [0.717, 1.165) is 23.4 Å². The minimum absolute atomic E-state index is 0.0979. The lowest BCUT2D eigenvalue weighted by Crippen LogP contribution is -2.15.